The molecule has 0 aliphatic rings. The van der Waals surface area contributed by atoms with Crippen molar-refractivity contribution in [3.05, 3.63) is 75.3 Å². The number of hydrogen-bond donors (Lipinski definition) is 1. The summed E-state index contributed by atoms with van der Waals surface area (Å²) in [5.74, 6) is 0.229. The van der Waals surface area contributed by atoms with Crippen LogP contribution in [0.1, 0.15) is 22.5 Å². The van der Waals surface area contributed by atoms with Crippen LogP contribution < -0.4 is 10.9 Å². The molecule has 1 aromatic carbocycles. The summed E-state index contributed by atoms with van der Waals surface area (Å²) < 4.78 is 2.80. The maximum Gasteiger partial charge on any atom is 0.267 e. The number of hydrogen-bond acceptors (Lipinski definition) is 4. The standard InChI is InChI=1S/C19H21N5O2/c1-13-4-6-16(7-5-13)11-20-18(25)12-23-19(26)9-8-17(22-23)24-15(3)10-14(2)21-24/h4-10H,11-12H2,1-3H3,(H,20,25). The summed E-state index contributed by atoms with van der Waals surface area (Å²) in [5, 5.41) is 11.4. The maximum atomic E-state index is 12.2. The maximum absolute atomic E-state index is 12.2. The molecule has 1 amide bonds. The average Bonchev–Trinajstić information content (AvgIpc) is 2.95. The molecular weight excluding hydrogens is 330 g/mol. The van der Waals surface area contributed by atoms with Gasteiger partial charge in [-0.15, -0.1) is 5.10 Å². The molecule has 0 saturated carbocycles. The van der Waals surface area contributed by atoms with E-state index in [1.807, 2.05) is 51.1 Å². The zero-order chi connectivity index (χ0) is 18.7. The van der Waals surface area contributed by atoms with Gasteiger partial charge in [-0.1, -0.05) is 29.8 Å². The van der Waals surface area contributed by atoms with Crippen molar-refractivity contribution < 1.29 is 4.79 Å². The molecule has 7 heteroatoms. The van der Waals surface area contributed by atoms with Crippen LogP contribution in [0.25, 0.3) is 5.82 Å². The third kappa shape index (κ3) is 4.05. The van der Waals surface area contributed by atoms with Gasteiger partial charge in [-0.05, 0) is 38.5 Å². The molecule has 0 saturated heterocycles. The molecule has 7 nitrogen and oxygen atoms in total. The molecule has 0 fully saturated rings. The van der Waals surface area contributed by atoms with Gasteiger partial charge in [0.05, 0.1) is 5.69 Å². The minimum atomic E-state index is -0.333. The second-order valence-electron chi connectivity index (χ2n) is 6.29. The van der Waals surface area contributed by atoms with Crippen LogP contribution in [0.15, 0.2) is 47.3 Å². The van der Waals surface area contributed by atoms with E-state index in [0.717, 1.165) is 27.2 Å². The van der Waals surface area contributed by atoms with Gasteiger partial charge < -0.3 is 5.32 Å². The Labute approximate surface area is 151 Å². The third-order valence-electron chi connectivity index (χ3n) is 3.98. The number of nitrogens with zero attached hydrogens (tertiary/aromatic N) is 4. The van der Waals surface area contributed by atoms with E-state index in [1.54, 1.807) is 10.7 Å². The van der Waals surface area contributed by atoms with Crippen molar-refractivity contribution >= 4 is 5.91 Å². The molecule has 0 atom stereocenters. The lowest BCUT2D eigenvalue weighted by molar-refractivity contribution is -0.122. The van der Waals surface area contributed by atoms with Gasteiger partial charge in [0.2, 0.25) is 5.91 Å². The molecule has 3 rings (SSSR count). The van der Waals surface area contributed by atoms with Crippen LogP contribution in [0, 0.1) is 20.8 Å². The molecule has 1 N–H and O–H groups in total. The molecule has 0 aliphatic carbocycles. The van der Waals surface area contributed by atoms with Gasteiger partial charge in [-0.25, -0.2) is 9.36 Å². The fraction of sp³-hybridized carbons (Fsp3) is 0.263. The molecular formula is C19H21N5O2. The predicted molar refractivity (Wildman–Crippen MR) is 98.1 cm³/mol. The summed E-state index contributed by atoms with van der Waals surface area (Å²) in [7, 11) is 0. The van der Waals surface area contributed by atoms with E-state index in [2.05, 4.69) is 15.5 Å². The van der Waals surface area contributed by atoms with E-state index in [-0.39, 0.29) is 18.0 Å². The van der Waals surface area contributed by atoms with Crippen LogP contribution in [0.3, 0.4) is 0 Å². The summed E-state index contributed by atoms with van der Waals surface area (Å²) in [6, 6.07) is 12.8. The third-order valence-corrected chi connectivity index (χ3v) is 3.98. The lowest BCUT2D eigenvalue weighted by Crippen LogP contribution is -2.33. The Bertz CT molecular complexity index is 986. The molecule has 2 heterocycles. The fourth-order valence-electron chi connectivity index (χ4n) is 2.62. The Balaban J connectivity index is 1.71. The van der Waals surface area contributed by atoms with Crippen LogP contribution in [0.5, 0.6) is 0 Å². The van der Waals surface area contributed by atoms with Crippen LogP contribution in [-0.4, -0.2) is 25.5 Å². The topological polar surface area (TPSA) is 81.8 Å². The zero-order valence-corrected chi connectivity index (χ0v) is 15.1. The van der Waals surface area contributed by atoms with Gasteiger partial charge in [0, 0.05) is 18.3 Å². The first-order valence-corrected chi connectivity index (χ1v) is 8.36. The lowest BCUT2D eigenvalue weighted by Gasteiger charge is -2.09. The van der Waals surface area contributed by atoms with Gasteiger partial charge in [0.1, 0.15) is 6.54 Å². The minimum absolute atomic E-state index is 0.141. The summed E-state index contributed by atoms with van der Waals surface area (Å²) >= 11 is 0. The molecule has 134 valence electrons. The number of benzene rings is 1. The quantitative estimate of drug-likeness (QED) is 0.758. The van der Waals surface area contributed by atoms with E-state index in [9.17, 15) is 9.59 Å². The molecule has 26 heavy (non-hydrogen) atoms. The molecule has 3 aromatic rings. The van der Waals surface area contributed by atoms with Gasteiger partial charge in [-0.3, -0.25) is 9.59 Å². The minimum Gasteiger partial charge on any atom is -0.350 e. The van der Waals surface area contributed by atoms with Crippen molar-refractivity contribution in [1.29, 1.82) is 0 Å². The summed E-state index contributed by atoms with van der Waals surface area (Å²) in [4.78, 5) is 24.2. The number of rotatable bonds is 5. The van der Waals surface area contributed by atoms with E-state index < -0.39 is 0 Å². The monoisotopic (exact) mass is 351 g/mol. The van der Waals surface area contributed by atoms with Gasteiger partial charge in [-0.2, -0.15) is 5.10 Å². The first-order valence-electron chi connectivity index (χ1n) is 8.36. The molecule has 0 spiro atoms. The first-order chi connectivity index (χ1) is 12.4. The van der Waals surface area contributed by atoms with E-state index in [0.29, 0.717) is 12.4 Å². The molecule has 2 aromatic heterocycles. The highest BCUT2D eigenvalue weighted by Crippen LogP contribution is 2.07. The first kappa shape index (κ1) is 17.6. The normalized spacial score (nSPS) is 10.7. The number of amides is 1. The van der Waals surface area contributed by atoms with Crippen molar-refractivity contribution in [3.63, 3.8) is 0 Å². The second kappa shape index (κ2) is 7.35. The van der Waals surface area contributed by atoms with Crippen LogP contribution in [-0.2, 0) is 17.9 Å². The average molecular weight is 351 g/mol. The van der Waals surface area contributed by atoms with Crippen molar-refractivity contribution in [3.8, 4) is 5.82 Å². The Kier molecular flexibility index (Phi) is 4.97. The van der Waals surface area contributed by atoms with E-state index in [4.69, 9.17) is 0 Å². The number of aryl methyl sites for hydroxylation is 3. The Morgan fingerprint density at radius 3 is 2.42 bits per heavy atom. The van der Waals surface area contributed by atoms with Crippen molar-refractivity contribution in [2.75, 3.05) is 0 Å². The summed E-state index contributed by atoms with van der Waals surface area (Å²) in [6.07, 6.45) is 0. The molecule has 0 bridgehead atoms. The smallest absolute Gasteiger partial charge is 0.267 e. The SMILES string of the molecule is Cc1ccc(CNC(=O)Cn2nc(-n3nc(C)cc3C)ccc2=O)cc1. The number of aromatic nitrogens is 4. The molecule has 0 aliphatic heterocycles. The van der Waals surface area contributed by atoms with Crippen LogP contribution in [0.4, 0.5) is 0 Å². The molecule has 0 radical (unpaired) electrons. The zero-order valence-electron chi connectivity index (χ0n) is 15.1. The number of nitrogens with one attached hydrogen (secondary N) is 1. The Morgan fingerprint density at radius 2 is 1.77 bits per heavy atom. The highest BCUT2D eigenvalue weighted by atomic mass is 16.2. The summed E-state index contributed by atoms with van der Waals surface area (Å²) in [6.45, 7) is 6.07. The highest BCUT2D eigenvalue weighted by molar-refractivity contribution is 5.75. The second-order valence-corrected chi connectivity index (χ2v) is 6.29. The number of carbonyl (C=O) groups is 1. The van der Waals surface area contributed by atoms with Crippen molar-refractivity contribution in [2.24, 2.45) is 0 Å². The predicted octanol–water partition coefficient (Wildman–Crippen LogP) is 1.67. The van der Waals surface area contributed by atoms with Gasteiger partial charge in [0.15, 0.2) is 5.82 Å². The summed E-state index contributed by atoms with van der Waals surface area (Å²) in [5.41, 5.74) is 3.60. The van der Waals surface area contributed by atoms with Crippen molar-refractivity contribution in [1.82, 2.24) is 24.9 Å². The Morgan fingerprint density at radius 1 is 1.04 bits per heavy atom. The Hall–Kier alpha value is -3.22. The lowest BCUT2D eigenvalue weighted by atomic mass is 10.1. The highest BCUT2D eigenvalue weighted by Gasteiger charge is 2.10. The van der Waals surface area contributed by atoms with Gasteiger partial charge in [0.25, 0.3) is 5.56 Å². The van der Waals surface area contributed by atoms with E-state index in [1.165, 1.54) is 6.07 Å². The number of carbonyl (C=O) groups excluding carboxylic acids is 1. The van der Waals surface area contributed by atoms with Crippen LogP contribution in [0.2, 0.25) is 0 Å². The van der Waals surface area contributed by atoms with Crippen molar-refractivity contribution in [2.45, 2.75) is 33.9 Å². The van der Waals surface area contributed by atoms with Gasteiger partial charge >= 0.3 is 0 Å². The van der Waals surface area contributed by atoms with E-state index >= 15 is 0 Å². The van der Waals surface area contributed by atoms with Crippen LogP contribution >= 0.6 is 0 Å². The largest absolute Gasteiger partial charge is 0.350 e. The molecule has 0 unspecified atom stereocenters. The fourth-order valence-corrected chi connectivity index (χ4v) is 2.62.